The fraction of sp³-hybridized carbons (Fsp3) is 0.588. The maximum Gasteiger partial charge on any atom is 0.230 e. The van der Waals surface area contributed by atoms with Crippen molar-refractivity contribution in [3.63, 3.8) is 0 Å². The number of hydrogen-bond donors (Lipinski definition) is 0. The highest BCUT2D eigenvalue weighted by molar-refractivity contribution is 5.82. The molecule has 0 bridgehead atoms. The lowest BCUT2D eigenvalue weighted by atomic mass is 9.83. The van der Waals surface area contributed by atoms with Crippen LogP contribution in [0.3, 0.4) is 0 Å². The van der Waals surface area contributed by atoms with Crippen molar-refractivity contribution < 1.29 is 9.63 Å². The zero-order valence-electron chi connectivity index (χ0n) is 13.2. The van der Waals surface area contributed by atoms with Crippen molar-refractivity contribution in [2.45, 2.75) is 51.4 Å². The lowest BCUT2D eigenvalue weighted by Crippen LogP contribution is -2.55. The van der Waals surface area contributed by atoms with Gasteiger partial charge in [-0.1, -0.05) is 30.3 Å². The molecule has 1 amide bonds. The topological polar surface area (TPSA) is 32.8 Å². The van der Waals surface area contributed by atoms with Gasteiger partial charge in [-0.15, -0.1) is 0 Å². The molecule has 0 unspecified atom stereocenters. The Morgan fingerprint density at radius 2 is 1.90 bits per heavy atom. The quantitative estimate of drug-likeness (QED) is 0.838. The Bertz CT molecular complexity index is 519. The van der Waals surface area contributed by atoms with Crippen molar-refractivity contribution in [3.05, 3.63) is 35.9 Å². The molecule has 2 heterocycles. The Morgan fingerprint density at radius 1 is 1.24 bits per heavy atom. The van der Waals surface area contributed by atoms with E-state index in [1.807, 2.05) is 37.2 Å². The number of hydroxylamine groups is 2. The fourth-order valence-corrected chi connectivity index (χ4v) is 3.92. The molecule has 3 rings (SSSR count). The molecule has 4 nitrogen and oxygen atoms in total. The van der Waals surface area contributed by atoms with Crippen molar-refractivity contribution in [2.75, 3.05) is 7.05 Å². The number of likely N-dealkylation sites (tertiary alicyclic amines) is 1. The highest BCUT2D eigenvalue weighted by Crippen LogP contribution is 2.39. The molecule has 114 valence electrons. The van der Waals surface area contributed by atoms with E-state index in [2.05, 4.69) is 30.9 Å². The minimum Gasteiger partial charge on any atom is -0.333 e. The first-order valence-corrected chi connectivity index (χ1v) is 7.77. The van der Waals surface area contributed by atoms with Crippen LogP contribution < -0.4 is 0 Å². The first kappa shape index (κ1) is 14.5. The molecule has 2 aliphatic rings. The van der Waals surface area contributed by atoms with E-state index in [4.69, 9.17) is 4.84 Å². The Hall–Kier alpha value is -1.39. The van der Waals surface area contributed by atoms with Crippen LogP contribution in [0.25, 0.3) is 0 Å². The SMILES string of the molecule is C[C@@H]1ON(C)[C@H]2C[C@H](C)N([C@@H](C)c3ccccc3)C(=O)[C@@H]12. The van der Waals surface area contributed by atoms with E-state index in [0.29, 0.717) is 0 Å². The Morgan fingerprint density at radius 3 is 2.57 bits per heavy atom. The number of amides is 1. The lowest BCUT2D eigenvalue weighted by Gasteiger charge is -2.43. The molecule has 0 spiro atoms. The molecule has 21 heavy (non-hydrogen) atoms. The maximum atomic E-state index is 13.0. The fourth-order valence-electron chi connectivity index (χ4n) is 3.92. The number of hydrogen-bond acceptors (Lipinski definition) is 3. The van der Waals surface area contributed by atoms with Crippen molar-refractivity contribution in [3.8, 4) is 0 Å². The van der Waals surface area contributed by atoms with Crippen molar-refractivity contribution in [2.24, 2.45) is 5.92 Å². The number of carbonyl (C=O) groups excluding carboxylic acids is 1. The van der Waals surface area contributed by atoms with Crippen molar-refractivity contribution >= 4 is 5.91 Å². The van der Waals surface area contributed by atoms with Gasteiger partial charge < -0.3 is 4.90 Å². The summed E-state index contributed by atoms with van der Waals surface area (Å²) in [7, 11) is 1.94. The Kier molecular flexibility index (Phi) is 3.76. The van der Waals surface area contributed by atoms with Crippen LogP contribution in [0.1, 0.15) is 38.8 Å². The average molecular weight is 288 g/mol. The van der Waals surface area contributed by atoms with Crippen molar-refractivity contribution in [1.82, 2.24) is 9.96 Å². The number of carbonyl (C=O) groups is 1. The maximum absolute atomic E-state index is 13.0. The molecular weight excluding hydrogens is 264 g/mol. The molecule has 1 aromatic rings. The molecule has 0 radical (unpaired) electrons. The average Bonchev–Trinajstić information content (AvgIpc) is 2.74. The second-order valence-corrected chi connectivity index (χ2v) is 6.37. The zero-order chi connectivity index (χ0) is 15.1. The van der Waals surface area contributed by atoms with E-state index in [9.17, 15) is 4.79 Å². The largest absolute Gasteiger partial charge is 0.333 e. The van der Waals surface area contributed by atoms with E-state index < -0.39 is 0 Å². The Labute approximate surface area is 126 Å². The minimum atomic E-state index is -0.0441. The van der Waals surface area contributed by atoms with Crippen LogP contribution in [-0.4, -0.2) is 41.1 Å². The molecule has 0 aromatic heterocycles. The van der Waals surface area contributed by atoms with Crippen molar-refractivity contribution in [1.29, 1.82) is 0 Å². The summed E-state index contributed by atoms with van der Waals surface area (Å²) in [6.07, 6.45) is 0.930. The molecule has 1 aromatic carbocycles. The van der Waals surface area contributed by atoms with Gasteiger partial charge in [-0.3, -0.25) is 9.63 Å². The minimum absolute atomic E-state index is 0.0366. The molecule has 4 heteroatoms. The smallest absolute Gasteiger partial charge is 0.230 e. The summed E-state index contributed by atoms with van der Waals surface area (Å²) in [5.41, 5.74) is 1.19. The lowest BCUT2D eigenvalue weighted by molar-refractivity contribution is -0.147. The summed E-state index contributed by atoms with van der Waals surface area (Å²) < 4.78 is 0. The molecule has 2 aliphatic heterocycles. The van der Waals surface area contributed by atoms with Gasteiger partial charge in [0.25, 0.3) is 0 Å². The summed E-state index contributed by atoms with van der Waals surface area (Å²) in [5.74, 6) is 0.185. The molecule has 5 atom stereocenters. The van der Waals surface area contributed by atoms with Gasteiger partial charge >= 0.3 is 0 Å². The molecule has 0 N–H and O–H groups in total. The van der Waals surface area contributed by atoms with Crippen LogP contribution in [0.5, 0.6) is 0 Å². The normalized spacial score (nSPS) is 34.9. The molecule has 2 saturated heterocycles. The number of nitrogens with zero attached hydrogens (tertiary/aromatic N) is 2. The second-order valence-electron chi connectivity index (χ2n) is 6.37. The Balaban J connectivity index is 1.88. The predicted molar refractivity (Wildman–Crippen MR) is 81.4 cm³/mol. The van der Waals surface area contributed by atoms with Crippen LogP contribution in [0, 0.1) is 5.92 Å². The van der Waals surface area contributed by atoms with Crippen LogP contribution >= 0.6 is 0 Å². The molecular formula is C17H24N2O2. The second kappa shape index (κ2) is 5.43. The van der Waals surface area contributed by atoms with E-state index in [0.717, 1.165) is 6.42 Å². The molecule has 0 aliphatic carbocycles. The van der Waals surface area contributed by atoms with E-state index >= 15 is 0 Å². The number of benzene rings is 1. The molecule has 0 saturated carbocycles. The van der Waals surface area contributed by atoms with E-state index in [1.54, 1.807) is 0 Å². The van der Waals surface area contributed by atoms with Gasteiger partial charge in [-0.25, -0.2) is 0 Å². The van der Waals surface area contributed by atoms with Gasteiger partial charge in [0.15, 0.2) is 0 Å². The highest BCUT2D eigenvalue weighted by atomic mass is 16.7. The summed E-state index contributed by atoms with van der Waals surface area (Å²) in [6.45, 7) is 6.26. The number of piperidine rings is 1. The van der Waals surface area contributed by atoms with Gasteiger partial charge in [0, 0.05) is 13.1 Å². The van der Waals surface area contributed by atoms with Crippen LogP contribution in [0.2, 0.25) is 0 Å². The summed E-state index contributed by atoms with van der Waals surface area (Å²) in [6, 6.07) is 10.8. The van der Waals surface area contributed by atoms with Gasteiger partial charge in [0.1, 0.15) is 0 Å². The van der Waals surface area contributed by atoms with E-state index in [-0.39, 0.29) is 36.1 Å². The van der Waals surface area contributed by atoms with Crippen LogP contribution in [0.15, 0.2) is 30.3 Å². The summed E-state index contributed by atoms with van der Waals surface area (Å²) >= 11 is 0. The number of rotatable bonds is 2. The van der Waals surface area contributed by atoms with Gasteiger partial charge in [-0.05, 0) is 32.8 Å². The number of fused-ring (bicyclic) bond motifs is 1. The van der Waals surface area contributed by atoms with Crippen LogP contribution in [-0.2, 0) is 9.63 Å². The summed E-state index contributed by atoms with van der Waals surface area (Å²) in [4.78, 5) is 20.8. The highest BCUT2D eigenvalue weighted by Gasteiger charge is 2.51. The monoisotopic (exact) mass is 288 g/mol. The predicted octanol–water partition coefficient (Wildman–Crippen LogP) is 2.62. The first-order valence-electron chi connectivity index (χ1n) is 7.77. The van der Waals surface area contributed by atoms with Gasteiger partial charge in [-0.2, -0.15) is 5.06 Å². The summed E-state index contributed by atoms with van der Waals surface area (Å²) in [5, 5.41) is 1.88. The third kappa shape index (κ3) is 2.36. The van der Waals surface area contributed by atoms with Crippen LogP contribution in [0.4, 0.5) is 0 Å². The standard InChI is InChI=1S/C17H24N2O2/c1-11-10-15-16(13(3)21-18(15)4)17(20)19(11)12(2)14-8-6-5-7-9-14/h5-9,11-13,15-16H,10H2,1-4H3/t11-,12-,13-,15-,16-/m0/s1. The third-order valence-electron chi connectivity index (χ3n) is 5.02. The first-order chi connectivity index (χ1) is 10.0. The van der Waals surface area contributed by atoms with Gasteiger partial charge in [0.05, 0.1) is 24.1 Å². The molecule has 2 fully saturated rings. The van der Waals surface area contributed by atoms with Gasteiger partial charge in [0.2, 0.25) is 5.91 Å². The third-order valence-corrected chi connectivity index (χ3v) is 5.02. The zero-order valence-corrected chi connectivity index (χ0v) is 13.2. The van der Waals surface area contributed by atoms with E-state index in [1.165, 1.54) is 5.56 Å².